The first kappa shape index (κ1) is 69.3. The van der Waals surface area contributed by atoms with Gasteiger partial charge in [0.2, 0.25) is 0 Å². The van der Waals surface area contributed by atoms with Crippen molar-refractivity contribution in [3.63, 3.8) is 0 Å². The van der Waals surface area contributed by atoms with Crippen LogP contribution in [-0.4, -0.2) is 93.5 Å². The van der Waals surface area contributed by atoms with Crippen LogP contribution in [0.5, 0.6) is 11.5 Å². The van der Waals surface area contributed by atoms with E-state index in [1.54, 1.807) is 0 Å². The summed E-state index contributed by atoms with van der Waals surface area (Å²) < 4.78 is 28.5. The first-order valence-corrected chi connectivity index (χ1v) is 35.7. The molecule has 1 atom stereocenters. The van der Waals surface area contributed by atoms with E-state index in [0.717, 1.165) is 91.7 Å². The van der Waals surface area contributed by atoms with Crippen LogP contribution in [0.4, 0.5) is 11.4 Å². The van der Waals surface area contributed by atoms with Crippen LogP contribution in [0.25, 0.3) is 5.57 Å². The highest BCUT2D eigenvalue weighted by Crippen LogP contribution is 2.48. The number of aryl methyl sites for hydroxylation is 2. The Kier molecular flexibility index (Phi) is 22.9. The minimum atomic E-state index is -0.693. The van der Waals surface area contributed by atoms with Crippen molar-refractivity contribution >= 4 is 22.7 Å². The lowest BCUT2D eigenvalue weighted by atomic mass is 9.65. The van der Waals surface area contributed by atoms with Gasteiger partial charge in [0.1, 0.15) is 34.6 Å². The van der Waals surface area contributed by atoms with E-state index >= 15 is 0 Å². The van der Waals surface area contributed by atoms with Crippen LogP contribution in [0.2, 0.25) is 0 Å². The number of hydrogen-bond donors (Lipinski definition) is 1. The van der Waals surface area contributed by atoms with Crippen LogP contribution in [0.1, 0.15) is 112 Å². The number of aromatic nitrogens is 6. The molecule has 1 aliphatic rings. The number of rotatable bonds is 36. The van der Waals surface area contributed by atoms with Gasteiger partial charge < -0.3 is 33.9 Å². The second-order valence-electron chi connectivity index (χ2n) is 25.8. The third-order valence-electron chi connectivity index (χ3n) is 19.5. The molecule has 2 aromatic heterocycles. The summed E-state index contributed by atoms with van der Waals surface area (Å²) in [5.41, 5.74) is 14.0. The number of aliphatic hydroxyl groups excluding tert-OH is 1. The molecule has 0 amide bonds. The van der Waals surface area contributed by atoms with Gasteiger partial charge in [-0.25, -0.2) is 0 Å². The minimum Gasteiger partial charge on any atom is -0.510 e. The zero-order chi connectivity index (χ0) is 69.8. The smallest absolute Gasteiger partial charge is 0.181 e. The number of ether oxygens (including phenoxy) is 4. The largest absolute Gasteiger partial charge is 0.510 e. The number of nitrogens with zero attached hydrogens (tertiary/aromatic N) is 8. The Labute approximate surface area is 599 Å². The molecule has 0 fully saturated rings. The molecule has 10 aromatic carbocycles. The maximum absolute atomic E-state index is 13.7. The Hall–Kier alpha value is -11.2. The third kappa shape index (κ3) is 15.7. The number of aliphatic hydroxyl groups is 1. The number of unbranched alkanes of at least 4 members (excludes halogenated alkanes) is 2. The number of likely N-dealkylation sites (N-methyl/N-ethyl adjacent to an activating group) is 2. The lowest BCUT2D eigenvalue weighted by Gasteiger charge is -2.36. The Morgan fingerprint density at radius 2 is 0.735 bits per heavy atom. The summed E-state index contributed by atoms with van der Waals surface area (Å²) in [6.45, 7) is 11.4. The fraction of sp³-hybridized carbons (Fsp3) is 0.239. The molecule has 1 aliphatic carbocycles. The van der Waals surface area contributed by atoms with E-state index in [-0.39, 0.29) is 11.5 Å². The SMILES string of the molecule is CCN(CCOCc1cn(CCCCOc2ccc(C(c3ccccc3)(c3ccccc3)c3ccccc3)cc2)nn1)c1ccc(C2=C(O)C(c3ccc(N(CC)CCOCc4cn(CCCCOc5ccc(C(c6ccccc6)(c6ccccc6)c6ccccc6)cc5)nn4)cc3)C2=O)cc1. The molecule has 14 nitrogen and oxygen atoms in total. The van der Waals surface area contributed by atoms with E-state index in [1.807, 2.05) is 70.3 Å². The van der Waals surface area contributed by atoms with Gasteiger partial charge in [0.05, 0.1) is 68.4 Å². The molecule has 13 rings (SSSR count). The van der Waals surface area contributed by atoms with Crippen molar-refractivity contribution in [1.82, 2.24) is 30.0 Å². The molecule has 0 bridgehead atoms. The van der Waals surface area contributed by atoms with Gasteiger partial charge in [-0.2, -0.15) is 0 Å². The molecule has 1 N–H and O–H groups in total. The van der Waals surface area contributed by atoms with Crippen LogP contribution >= 0.6 is 0 Å². The van der Waals surface area contributed by atoms with Crippen molar-refractivity contribution in [3.8, 4) is 11.5 Å². The van der Waals surface area contributed by atoms with Crippen LogP contribution in [0.15, 0.2) is 297 Å². The van der Waals surface area contributed by atoms with E-state index in [1.165, 1.54) is 44.5 Å². The highest BCUT2D eigenvalue weighted by atomic mass is 16.5. The van der Waals surface area contributed by atoms with Gasteiger partial charge >= 0.3 is 0 Å². The lowest BCUT2D eigenvalue weighted by molar-refractivity contribution is -0.116. The lowest BCUT2D eigenvalue weighted by Crippen LogP contribution is -2.30. The van der Waals surface area contributed by atoms with Crippen molar-refractivity contribution in [2.75, 3.05) is 62.4 Å². The average Bonchev–Trinajstić information content (AvgIpc) is 0.847. The van der Waals surface area contributed by atoms with Crippen molar-refractivity contribution in [3.05, 3.63) is 364 Å². The normalized spacial score (nSPS) is 13.0. The van der Waals surface area contributed by atoms with Crippen LogP contribution in [0.3, 0.4) is 0 Å². The molecule has 0 radical (unpaired) electrons. The minimum absolute atomic E-state index is 0.0923. The summed E-state index contributed by atoms with van der Waals surface area (Å²) in [5, 5.41) is 28.8. The third-order valence-corrected chi connectivity index (χ3v) is 19.5. The fourth-order valence-corrected chi connectivity index (χ4v) is 14.3. The molecule has 0 saturated carbocycles. The van der Waals surface area contributed by atoms with E-state index in [4.69, 9.17) is 18.9 Å². The van der Waals surface area contributed by atoms with Crippen LogP contribution in [-0.2, 0) is 51.4 Å². The number of ketones is 1. The molecule has 102 heavy (non-hydrogen) atoms. The monoisotopic (exact) mass is 1350 g/mol. The summed E-state index contributed by atoms with van der Waals surface area (Å²) in [5.74, 6) is 0.989. The molecular weight excluding hydrogens is 1270 g/mol. The zero-order valence-electron chi connectivity index (χ0n) is 58.2. The quantitative estimate of drug-likeness (QED) is 0.0295. The zero-order valence-corrected chi connectivity index (χ0v) is 58.2. The summed E-state index contributed by atoms with van der Waals surface area (Å²) in [4.78, 5) is 18.2. The van der Waals surface area contributed by atoms with Gasteiger partial charge in [-0.1, -0.05) is 241 Å². The predicted molar refractivity (Wildman–Crippen MR) is 404 cm³/mol. The Balaban J connectivity index is 0.506. The van der Waals surface area contributed by atoms with Gasteiger partial charge in [-0.05, 0) is 144 Å². The van der Waals surface area contributed by atoms with Gasteiger partial charge in [-0.3, -0.25) is 14.2 Å². The van der Waals surface area contributed by atoms with Crippen molar-refractivity contribution in [1.29, 1.82) is 0 Å². The van der Waals surface area contributed by atoms with Gasteiger partial charge in [-0.15, -0.1) is 10.2 Å². The number of anilines is 2. The Morgan fingerprint density at radius 1 is 0.402 bits per heavy atom. The molecule has 14 heteroatoms. The fourth-order valence-electron chi connectivity index (χ4n) is 14.3. The number of carbonyl (C=O) groups is 1. The first-order chi connectivity index (χ1) is 50.3. The summed E-state index contributed by atoms with van der Waals surface area (Å²) in [6, 6.07) is 97.2. The highest BCUT2D eigenvalue weighted by molar-refractivity contribution is 6.32. The maximum atomic E-state index is 13.7. The Morgan fingerprint density at radius 3 is 1.07 bits per heavy atom. The molecule has 12 aromatic rings. The molecule has 1 unspecified atom stereocenters. The van der Waals surface area contributed by atoms with E-state index in [2.05, 4.69) is 275 Å². The number of Topliss-reactive ketones (excluding diaryl/α,β-unsaturated/α-hetero) is 1. The number of benzene rings is 10. The first-order valence-electron chi connectivity index (χ1n) is 35.7. The van der Waals surface area contributed by atoms with E-state index < -0.39 is 16.7 Å². The molecule has 516 valence electrons. The maximum Gasteiger partial charge on any atom is 0.181 e. The average molecular weight is 1350 g/mol. The molecule has 0 aliphatic heterocycles. The van der Waals surface area contributed by atoms with Gasteiger partial charge in [0.15, 0.2) is 5.78 Å². The number of carbonyl (C=O) groups excluding carboxylic acids is 1. The number of allylic oxidation sites excluding steroid dienone is 2. The summed E-state index contributed by atoms with van der Waals surface area (Å²) in [6.07, 6.45) is 7.41. The second kappa shape index (κ2) is 33.8. The van der Waals surface area contributed by atoms with Crippen molar-refractivity contribution in [2.24, 2.45) is 0 Å². The molecule has 2 heterocycles. The molecular formula is C88H88N8O6. The second-order valence-corrected chi connectivity index (χ2v) is 25.8. The van der Waals surface area contributed by atoms with Crippen LogP contribution in [0, 0.1) is 0 Å². The molecule has 0 spiro atoms. The molecule has 0 saturated heterocycles. The summed E-state index contributed by atoms with van der Waals surface area (Å²) >= 11 is 0. The number of hydrogen-bond acceptors (Lipinski definition) is 12. The van der Waals surface area contributed by atoms with Gasteiger partial charge in [0, 0.05) is 50.6 Å². The topological polar surface area (TPSA) is 142 Å². The highest BCUT2D eigenvalue weighted by Gasteiger charge is 2.42. The Bertz CT molecular complexity index is 4390. The van der Waals surface area contributed by atoms with Gasteiger partial charge in [0.25, 0.3) is 0 Å². The van der Waals surface area contributed by atoms with Crippen molar-refractivity contribution < 1.29 is 28.8 Å². The van der Waals surface area contributed by atoms with Crippen LogP contribution < -0.4 is 19.3 Å². The standard InChI is InChI=1S/C88H88N8O6/c1-3-93(57-61-99-65-77-63-95(91-89-77)55-23-25-59-101-81-51-43-75(44-52-81)87(69-27-11-5-12-28-69,70-29-13-6-14-30-70)71-31-15-7-16-32-71)79-47-39-67(40-48-79)83-85(97)84(86(83)98)68-41-49-80(50-42-68)94(4-2)58-62-100-66-78-64-96(92-90-78)56-24-26-60-102-82-53-45-76(46-54-82)88(72-33-17-8-18-34-72,73-35-19-9-20-36-73)74-37-21-10-22-38-74/h5-22,27-54,63-64,83,97H,3-4,23-26,55-62,65-66H2,1-2H3. The van der Waals surface area contributed by atoms with Crippen molar-refractivity contribution in [2.45, 2.75) is 82.6 Å². The van der Waals surface area contributed by atoms with E-state index in [9.17, 15) is 9.90 Å². The predicted octanol–water partition coefficient (Wildman–Crippen LogP) is 17.1. The summed E-state index contributed by atoms with van der Waals surface area (Å²) in [7, 11) is 0. The van der Waals surface area contributed by atoms with E-state index in [0.29, 0.717) is 63.9 Å².